The molecule has 3 heteroatoms. The van der Waals surface area contributed by atoms with Gasteiger partial charge in [0, 0.05) is 6.61 Å². The van der Waals surface area contributed by atoms with Gasteiger partial charge in [-0.25, -0.2) is 0 Å². The van der Waals surface area contributed by atoms with Crippen molar-refractivity contribution in [2.75, 3.05) is 6.61 Å². The van der Waals surface area contributed by atoms with Gasteiger partial charge in [0.1, 0.15) is 0 Å². The van der Waals surface area contributed by atoms with E-state index in [0.29, 0.717) is 0 Å². The fourth-order valence-electron chi connectivity index (χ4n) is 1.15. The number of hydrogen-bond donors (Lipinski definition) is 0. The third kappa shape index (κ3) is 9.23. The summed E-state index contributed by atoms with van der Waals surface area (Å²) in [5.74, 6) is 0. The van der Waals surface area contributed by atoms with Gasteiger partial charge in [-0.15, -0.1) is 0 Å². The first kappa shape index (κ1) is 15.3. The molecule has 0 amide bonds. The molecule has 0 radical (unpaired) electrons. The molecule has 0 saturated carbocycles. The minimum absolute atomic E-state index is 0.734. The summed E-state index contributed by atoms with van der Waals surface area (Å²) in [4.78, 5) is 0. The SMILES string of the molecule is [CH2-]CCCCOCc1ccccc1.[Zn+][Br]. The van der Waals surface area contributed by atoms with Crippen LogP contribution in [-0.2, 0) is 27.7 Å². The molecule has 0 aliphatic rings. The average Bonchev–Trinajstić information content (AvgIpc) is 2.33. The van der Waals surface area contributed by atoms with Crippen molar-refractivity contribution in [1.29, 1.82) is 0 Å². The van der Waals surface area contributed by atoms with E-state index in [1.165, 1.54) is 21.9 Å². The van der Waals surface area contributed by atoms with Crippen LogP contribution in [0.2, 0.25) is 0 Å². The van der Waals surface area contributed by atoms with Gasteiger partial charge < -0.3 is 11.7 Å². The predicted octanol–water partition coefficient (Wildman–Crippen LogP) is 4.05. The van der Waals surface area contributed by atoms with E-state index in [9.17, 15) is 0 Å². The molecule has 0 aliphatic heterocycles. The summed E-state index contributed by atoms with van der Waals surface area (Å²) < 4.78 is 5.49. The number of halogens is 1. The van der Waals surface area contributed by atoms with Crippen molar-refractivity contribution in [3.63, 3.8) is 0 Å². The van der Waals surface area contributed by atoms with E-state index in [-0.39, 0.29) is 0 Å². The van der Waals surface area contributed by atoms with E-state index in [1.807, 2.05) is 18.2 Å². The standard InChI is InChI=1S/C12H17O.BrH.Zn/c1-2-3-7-10-13-11-12-8-5-4-6-9-12;;/h4-6,8-9H,1-3,7,10-11H2;1H;/q-1;;+2/p-1. The van der Waals surface area contributed by atoms with Crippen LogP contribution in [0.4, 0.5) is 0 Å². The molecule has 0 bridgehead atoms. The van der Waals surface area contributed by atoms with Crippen LogP contribution in [0.15, 0.2) is 30.3 Å². The molecule has 0 unspecified atom stereocenters. The second-order valence-corrected chi connectivity index (χ2v) is 3.10. The maximum atomic E-state index is 5.49. The fourth-order valence-corrected chi connectivity index (χ4v) is 1.15. The van der Waals surface area contributed by atoms with Crippen LogP contribution in [0, 0.1) is 6.92 Å². The average molecular weight is 323 g/mol. The molecule has 0 saturated heterocycles. The molecule has 0 heterocycles. The zero-order chi connectivity index (χ0) is 11.4. The maximum absolute atomic E-state index is 5.49. The first-order valence-corrected chi connectivity index (χ1v) is 12.1. The molecule has 1 aromatic carbocycles. The first-order valence-electron chi connectivity index (χ1n) is 5.11. The molecule has 1 aromatic rings. The Morgan fingerprint density at radius 3 is 2.40 bits per heavy atom. The van der Waals surface area contributed by atoms with Gasteiger partial charge in [0.15, 0.2) is 0 Å². The van der Waals surface area contributed by atoms with Crippen LogP contribution in [-0.4, -0.2) is 6.61 Å². The second-order valence-electron chi connectivity index (χ2n) is 3.10. The van der Waals surface area contributed by atoms with Crippen LogP contribution in [0.3, 0.4) is 0 Å². The van der Waals surface area contributed by atoms with Gasteiger partial charge in [-0.2, -0.15) is 6.42 Å². The molecular weight excluding hydrogens is 305 g/mol. The summed E-state index contributed by atoms with van der Waals surface area (Å²) in [7, 11) is 0. The number of benzene rings is 1. The van der Waals surface area contributed by atoms with Crippen molar-refractivity contribution in [2.45, 2.75) is 25.9 Å². The Bertz CT molecular complexity index is 216. The minimum atomic E-state index is 0.734. The zero-order valence-electron chi connectivity index (χ0n) is 9.12. The van der Waals surface area contributed by atoms with E-state index in [0.717, 1.165) is 32.5 Å². The summed E-state index contributed by atoms with van der Waals surface area (Å²) in [6.45, 7) is 5.37. The van der Waals surface area contributed by atoms with Crippen molar-refractivity contribution in [3.8, 4) is 0 Å². The van der Waals surface area contributed by atoms with Gasteiger partial charge in [0.2, 0.25) is 0 Å². The molecule has 0 atom stereocenters. The normalized spacial score (nSPS) is 9.33. The topological polar surface area (TPSA) is 9.23 Å². The van der Waals surface area contributed by atoms with Crippen molar-refractivity contribution in [3.05, 3.63) is 42.8 Å². The van der Waals surface area contributed by atoms with Crippen molar-refractivity contribution >= 4 is 13.6 Å². The Balaban J connectivity index is 0.000000921. The van der Waals surface area contributed by atoms with Crippen molar-refractivity contribution < 1.29 is 21.1 Å². The molecule has 80 valence electrons. The van der Waals surface area contributed by atoms with E-state index in [2.05, 4.69) is 32.7 Å². The Labute approximate surface area is 110 Å². The Morgan fingerprint density at radius 1 is 1.13 bits per heavy atom. The molecule has 0 aliphatic carbocycles. The Hall–Kier alpha value is 0.283. The third-order valence-corrected chi connectivity index (χ3v) is 1.90. The third-order valence-electron chi connectivity index (χ3n) is 1.90. The summed E-state index contributed by atoms with van der Waals surface area (Å²) in [5.41, 5.74) is 1.25. The molecule has 0 aromatic heterocycles. The summed E-state index contributed by atoms with van der Waals surface area (Å²) >= 11 is 4.25. The monoisotopic (exact) mass is 320 g/mol. The Kier molecular flexibility index (Phi) is 12.6. The summed E-state index contributed by atoms with van der Waals surface area (Å²) in [6, 6.07) is 10.3. The molecule has 1 nitrogen and oxygen atoms in total. The van der Waals surface area contributed by atoms with Gasteiger partial charge in [-0.3, -0.25) is 0 Å². The van der Waals surface area contributed by atoms with E-state index >= 15 is 0 Å². The second kappa shape index (κ2) is 12.4. The van der Waals surface area contributed by atoms with Crippen LogP contribution < -0.4 is 0 Å². The predicted molar refractivity (Wildman–Crippen MR) is 64.2 cm³/mol. The van der Waals surface area contributed by atoms with Crippen LogP contribution in [0.5, 0.6) is 0 Å². The van der Waals surface area contributed by atoms with Crippen LogP contribution in [0.25, 0.3) is 0 Å². The number of rotatable bonds is 6. The summed E-state index contributed by atoms with van der Waals surface area (Å²) in [5, 5.41) is 0. The fraction of sp³-hybridized carbons (Fsp3) is 0.417. The number of hydrogen-bond acceptors (Lipinski definition) is 1. The van der Waals surface area contributed by atoms with Crippen molar-refractivity contribution in [1.82, 2.24) is 0 Å². The molecule has 0 fully saturated rings. The first-order chi connectivity index (χ1) is 7.43. The van der Waals surface area contributed by atoms with Gasteiger partial charge in [0.25, 0.3) is 0 Å². The van der Waals surface area contributed by atoms with Crippen molar-refractivity contribution in [2.24, 2.45) is 0 Å². The molecular formula is C12H17BrOZn. The molecule has 15 heavy (non-hydrogen) atoms. The van der Waals surface area contributed by atoms with E-state index in [1.54, 1.807) is 0 Å². The van der Waals surface area contributed by atoms with Gasteiger partial charge in [-0.05, 0) is 12.0 Å². The van der Waals surface area contributed by atoms with E-state index < -0.39 is 0 Å². The Morgan fingerprint density at radius 2 is 1.80 bits per heavy atom. The quantitative estimate of drug-likeness (QED) is 0.436. The number of ether oxygens (including phenoxy) is 1. The number of unbranched alkanes of at least 4 members (excludes halogenated alkanes) is 2. The molecule has 1 rings (SSSR count). The molecule has 0 N–H and O–H groups in total. The molecule has 0 spiro atoms. The van der Waals surface area contributed by atoms with E-state index in [4.69, 9.17) is 4.74 Å². The van der Waals surface area contributed by atoms with Crippen LogP contribution >= 0.6 is 13.6 Å². The van der Waals surface area contributed by atoms with Gasteiger partial charge >= 0.3 is 30.0 Å². The van der Waals surface area contributed by atoms with Gasteiger partial charge in [-0.1, -0.05) is 36.8 Å². The zero-order valence-corrected chi connectivity index (χ0v) is 13.7. The van der Waals surface area contributed by atoms with Gasteiger partial charge in [0.05, 0.1) is 6.61 Å². The summed E-state index contributed by atoms with van der Waals surface area (Å²) in [6.07, 6.45) is 3.29. The van der Waals surface area contributed by atoms with Crippen LogP contribution in [0.1, 0.15) is 24.8 Å².